The lowest BCUT2D eigenvalue weighted by Crippen LogP contribution is -2.49. The SMILES string of the molecule is Cc1ccc(C(=O)N2CCC[C@H]3CCCC[C@@H]32)cc1NC(=O)c1ccco1. The first kappa shape index (κ1) is 17.8. The van der Waals surface area contributed by atoms with Crippen molar-refractivity contribution in [2.45, 2.75) is 51.5 Å². The van der Waals surface area contributed by atoms with Crippen molar-refractivity contribution in [3.05, 3.63) is 53.5 Å². The molecule has 0 unspecified atom stereocenters. The predicted molar refractivity (Wildman–Crippen MR) is 104 cm³/mol. The van der Waals surface area contributed by atoms with Crippen LogP contribution in [0.4, 0.5) is 5.69 Å². The molecule has 1 saturated carbocycles. The second kappa shape index (κ2) is 7.59. The summed E-state index contributed by atoms with van der Waals surface area (Å²) in [4.78, 5) is 27.6. The van der Waals surface area contributed by atoms with Crippen LogP contribution in [0.3, 0.4) is 0 Å². The molecule has 0 spiro atoms. The molecule has 0 radical (unpaired) electrons. The smallest absolute Gasteiger partial charge is 0.291 e. The molecule has 4 rings (SSSR count). The van der Waals surface area contributed by atoms with E-state index in [4.69, 9.17) is 4.42 Å². The van der Waals surface area contributed by atoms with Crippen molar-refractivity contribution in [3.8, 4) is 0 Å². The molecular formula is C22H26N2O3. The first-order chi connectivity index (χ1) is 13.1. The standard InChI is InChI=1S/C22H26N2O3/c1-15-10-11-17(14-18(15)23-21(25)20-9-5-13-27-20)22(26)24-12-4-7-16-6-2-3-8-19(16)24/h5,9-11,13-14,16,19H,2-4,6-8,12H2,1H3,(H,23,25)/t16-,19+/m1/s1. The molecule has 1 aromatic carbocycles. The first-order valence-corrected chi connectivity index (χ1v) is 9.90. The van der Waals surface area contributed by atoms with E-state index in [2.05, 4.69) is 10.2 Å². The summed E-state index contributed by atoms with van der Waals surface area (Å²) in [5.41, 5.74) is 2.21. The molecule has 1 aliphatic carbocycles. The zero-order chi connectivity index (χ0) is 18.8. The number of rotatable bonds is 3. The molecule has 2 amide bonds. The lowest BCUT2D eigenvalue weighted by molar-refractivity contribution is 0.0390. The Hall–Kier alpha value is -2.56. The third-order valence-corrected chi connectivity index (χ3v) is 5.98. The van der Waals surface area contributed by atoms with E-state index in [0.717, 1.165) is 24.9 Å². The lowest BCUT2D eigenvalue weighted by Gasteiger charge is -2.44. The number of hydrogen-bond acceptors (Lipinski definition) is 3. The summed E-state index contributed by atoms with van der Waals surface area (Å²) in [6.45, 7) is 2.76. The Balaban J connectivity index is 1.54. The van der Waals surface area contributed by atoms with Crippen molar-refractivity contribution in [2.75, 3.05) is 11.9 Å². The van der Waals surface area contributed by atoms with Crippen LogP contribution in [-0.4, -0.2) is 29.3 Å². The lowest BCUT2D eigenvalue weighted by atomic mass is 9.78. The fraction of sp³-hybridized carbons (Fsp3) is 0.455. The highest BCUT2D eigenvalue weighted by molar-refractivity contribution is 6.04. The van der Waals surface area contributed by atoms with Crippen molar-refractivity contribution in [1.82, 2.24) is 4.90 Å². The van der Waals surface area contributed by atoms with Gasteiger partial charge in [0.05, 0.1) is 6.26 Å². The molecular weight excluding hydrogens is 340 g/mol. The number of fused-ring (bicyclic) bond motifs is 1. The Bertz CT molecular complexity index is 826. The van der Waals surface area contributed by atoms with Gasteiger partial charge in [-0.1, -0.05) is 18.9 Å². The average Bonchev–Trinajstić information content (AvgIpc) is 3.24. The molecule has 5 nitrogen and oxygen atoms in total. The third-order valence-electron chi connectivity index (χ3n) is 5.98. The number of furan rings is 1. The highest BCUT2D eigenvalue weighted by Gasteiger charge is 2.36. The zero-order valence-electron chi connectivity index (χ0n) is 15.7. The maximum atomic E-state index is 13.2. The Labute approximate surface area is 159 Å². The number of piperidine rings is 1. The van der Waals surface area contributed by atoms with E-state index in [-0.39, 0.29) is 17.6 Å². The summed E-state index contributed by atoms with van der Waals surface area (Å²) >= 11 is 0. The van der Waals surface area contributed by atoms with Crippen LogP contribution < -0.4 is 5.32 Å². The van der Waals surface area contributed by atoms with E-state index in [0.29, 0.717) is 23.2 Å². The molecule has 2 aliphatic rings. The predicted octanol–water partition coefficient (Wildman–Crippen LogP) is 4.64. The number of hydrogen-bond donors (Lipinski definition) is 1. The van der Waals surface area contributed by atoms with E-state index >= 15 is 0 Å². The van der Waals surface area contributed by atoms with Gasteiger partial charge in [-0.05, 0) is 68.4 Å². The van der Waals surface area contributed by atoms with Crippen LogP contribution in [0.5, 0.6) is 0 Å². The fourth-order valence-electron chi connectivity index (χ4n) is 4.52. The number of aryl methyl sites for hydroxylation is 1. The Morgan fingerprint density at radius 3 is 2.74 bits per heavy atom. The number of carbonyl (C=O) groups is 2. The van der Waals surface area contributed by atoms with Crippen molar-refractivity contribution >= 4 is 17.5 Å². The van der Waals surface area contributed by atoms with Gasteiger partial charge >= 0.3 is 0 Å². The molecule has 1 aromatic heterocycles. The Morgan fingerprint density at radius 1 is 1.11 bits per heavy atom. The minimum Gasteiger partial charge on any atom is -0.459 e. The summed E-state index contributed by atoms with van der Waals surface area (Å²) < 4.78 is 5.15. The van der Waals surface area contributed by atoms with Gasteiger partial charge in [-0.3, -0.25) is 9.59 Å². The quantitative estimate of drug-likeness (QED) is 0.861. The number of nitrogens with zero attached hydrogens (tertiary/aromatic N) is 1. The summed E-state index contributed by atoms with van der Waals surface area (Å²) in [7, 11) is 0. The maximum Gasteiger partial charge on any atom is 0.291 e. The Morgan fingerprint density at radius 2 is 1.93 bits per heavy atom. The van der Waals surface area contributed by atoms with Crippen LogP contribution in [0, 0.1) is 12.8 Å². The van der Waals surface area contributed by atoms with E-state index in [1.165, 1.54) is 31.9 Å². The topological polar surface area (TPSA) is 62.6 Å². The second-order valence-electron chi connectivity index (χ2n) is 7.71. The monoisotopic (exact) mass is 366 g/mol. The highest BCUT2D eigenvalue weighted by atomic mass is 16.3. The summed E-state index contributed by atoms with van der Waals surface area (Å²) in [6, 6.07) is 9.24. The fourth-order valence-corrected chi connectivity index (χ4v) is 4.52. The normalized spacial score (nSPS) is 22.2. The van der Waals surface area contributed by atoms with Crippen molar-refractivity contribution < 1.29 is 14.0 Å². The molecule has 1 aliphatic heterocycles. The van der Waals surface area contributed by atoms with Crippen LogP contribution in [-0.2, 0) is 0 Å². The molecule has 1 saturated heterocycles. The van der Waals surface area contributed by atoms with Crippen molar-refractivity contribution in [1.29, 1.82) is 0 Å². The molecule has 2 atom stereocenters. The van der Waals surface area contributed by atoms with Gasteiger partial charge in [-0.2, -0.15) is 0 Å². The number of anilines is 1. The van der Waals surface area contributed by atoms with Gasteiger partial charge in [0.1, 0.15) is 0 Å². The molecule has 2 aromatic rings. The largest absolute Gasteiger partial charge is 0.459 e. The van der Waals surface area contributed by atoms with Crippen molar-refractivity contribution in [3.63, 3.8) is 0 Å². The molecule has 142 valence electrons. The van der Waals surface area contributed by atoms with Gasteiger partial charge in [0.15, 0.2) is 5.76 Å². The van der Waals surface area contributed by atoms with Gasteiger partial charge in [-0.15, -0.1) is 0 Å². The minimum atomic E-state index is -0.307. The highest BCUT2D eigenvalue weighted by Crippen LogP contribution is 2.36. The zero-order valence-corrected chi connectivity index (χ0v) is 15.7. The van der Waals surface area contributed by atoms with Gasteiger partial charge in [0.2, 0.25) is 0 Å². The summed E-state index contributed by atoms with van der Waals surface area (Å²) in [6.07, 6.45) is 8.66. The number of benzene rings is 1. The van der Waals surface area contributed by atoms with E-state index in [1.807, 2.05) is 19.1 Å². The molecule has 0 bridgehead atoms. The van der Waals surface area contributed by atoms with Gasteiger partial charge in [-0.25, -0.2) is 0 Å². The van der Waals surface area contributed by atoms with E-state index in [9.17, 15) is 9.59 Å². The summed E-state index contributed by atoms with van der Waals surface area (Å²) in [5.74, 6) is 0.686. The van der Waals surface area contributed by atoms with Gasteiger partial charge in [0.25, 0.3) is 11.8 Å². The van der Waals surface area contributed by atoms with E-state index in [1.54, 1.807) is 18.2 Å². The van der Waals surface area contributed by atoms with Crippen LogP contribution in [0.25, 0.3) is 0 Å². The van der Waals surface area contributed by atoms with Crippen molar-refractivity contribution in [2.24, 2.45) is 5.92 Å². The number of carbonyl (C=O) groups excluding carboxylic acids is 2. The molecule has 2 fully saturated rings. The number of nitrogens with one attached hydrogen (secondary N) is 1. The first-order valence-electron chi connectivity index (χ1n) is 9.90. The molecule has 1 N–H and O–H groups in total. The Kier molecular flexibility index (Phi) is 5.01. The molecule has 27 heavy (non-hydrogen) atoms. The van der Waals surface area contributed by atoms with Crippen LogP contribution in [0.1, 0.15) is 65.0 Å². The van der Waals surface area contributed by atoms with Crippen LogP contribution in [0.2, 0.25) is 0 Å². The molecule has 2 heterocycles. The minimum absolute atomic E-state index is 0.0834. The van der Waals surface area contributed by atoms with Gasteiger partial charge in [0, 0.05) is 23.8 Å². The second-order valence-corrected chi connectivity index (χ2v) is 7.71. The van der Waals surface area contributed by atoms with E-state index < -0.39 is 0 Å². The van der Waals surface area contributed by atoms with Crippen LogP contribution >= 0.6 is 0 Å². The van der Waals surface area contributed by atoms with Gasteiger partial charge < -0.3 is 14.6 Å². The van der Waals surface area contributed by atoms with Crippen LogP contribution in [0.15, 0.2) is 41.0 Å². The maximum absolute atomic E-state index is 13.2. The molecule has 5 heteroatoms. The average molecular weight is 366 g/mol. The number of likely N-dealkylation sites (tertiary alicyclic amines) is 1. The third kappa shape index (κ3) is 3.64. The summed E-state index contributed by atoms with van der Waals surface area (Å²) in [5, 5.41) is 2.86. The number of amides is 2.